The first-order valence-corrected chi connectivity index (χ1v) is 13.1. The van der Waals surface area contributed by atoms with Crippen molar-refractivity contribution in [1.29, 1.82) is 0 Å². The maximum absolute atomic E-state index is 14.5. The van der Waals surface area contributed by atoms with Gasteiger partial charge in [-0.2, -0.15) is 0 Å². The van der Waals surface area contributed by atoms with E-state index < -0.39 is 0 Å². The van der Waals surface area contributed by atoms with Gasteiger partial charge in [0.25, 0.3) is 0 Å². The van der Waals surface area contributed by atoms with Gasteiger partial charge in [-0.15, -0.1) is 0 Å². The Bertz CT molecular complexity index is 860. The Labute approximate surface area is 196 Å². The SMILES string of the molecule is CCCCCC[C@H]1CC[C@H](C#Cc2ccc(-c3ccc(CCCCC)c(F)c3)cc2)CC1. The van der Waals surface area contributed by atoms with E-state index in [2.05, 4.69) is 50.0 Å². The zero-order valence-corrected chi connectivity index (χ0v) is 20.3. The summed E-state index contributed by atoms with van der Waals surface area (Å²) in [5.74, 6) is 8.32. The van der Waals surface area contributed by atoms with Crippen LogP contribution in [-0.2, 0) is 6.42 Å². The second-order valence-electron chi connectivity index (χ2n) is 9.68. The molecule has 0 bridgehead atoms. The summed E-state index contributed by atoms with van der Waals surface area (Å²) in [7, 11) is 0. The van der Waals surface area contributed by atoms with Gasteiger partial charge in [-0.05, 0) is 79.3 Å². The molecule has 0 radical (unpaired) electrons. The molecule has 2 aromatic rings. The third-order valence-corrected chi connectivity index (χ3v) is 7.05. The van der Waals surface area contributed by atoms with E-state index in [9.17, 15) is 4.39 Å². The molecule has 0 saturated heterocycles. The number of hydrogen-bond donors (Lipinski definition) is 0. The molecule has 0 spiro atoms. The highest BCUT2D eigenvalue weighted by atomic mass is 19.1. The molecule has 0 N–H and O–H groups in total. The van der Waals surface area contributed by atoms with Crippen LogP contribution in [0.4, 0.5) is 4.39 Å². The number of halogens is 1. The third-order valence-electron chi connectivity index (χ3n) is 7.05. The van der Waals surface area contributed by atoms with Crippen LogP contribution in [0.2, 0.25) is 0 Å². The van der Waals surface area contributed by atoms with Crippen LogP contribution in [-0.4, -0.2) is 0 Å². The predicted octanol–water partition coefficient (Wildman–Crippen LogP) is 9.35. The summed E-state index contributed by atoms with van der Waals surface area (Å²) in [5.41, 5.74) is 3.89. The van der Waals surface area contributed by atoms with E-state index in [4.69, 9.17) is 0 Å². The average molecular weight is 433 g/mol. The lowest BCUT2D eigenvalue weighted by atomic mass is 9.80. The summed E-state index contributed by atoms with van der Waals surface area (Å²) in [6.45, 7) is 4.46. The lowest BCUT2D eigenvalue weighted by Gasteiger charge is -2.25. The minimum atomic E-state index is -0.0802. The first-order valence-electron chi connectivity index (χ1n) is 13.1. The highest BCUT2D eigenvalue weighted by Gasteiger charge is 2.19. The van der Waals surface area contributed by atoms with Gasteiger partial charge in [0.1, 0.15) is 5.82 Å². The van der Waals surface area contributed by atoms with Crippen molar-refractivity contribution in [3.8, 4) is 23.0 Å². The van der Waals surface area contributed by atoms with E-state index in [1.54, 1.807) is 6.07 Å². The number of aryl methyl sites for hydroxylation is 1. The maximum Gasteiger partial charge on any atom is 0.127 e. The van der Waals surface area contributed by atoms with Crippen LogP contribution >= 0.6 is 0 Å². The van der Waals surface area contributed by atoms with Crippen molar-refractivity contribution in [2.45, 2.75) is 97.3 Å². The van der Waals surface area contributed by atoms with Crippen LogP contribution in [0.15, 0.2) is 42.5 Å². The Morgan fingerprint density at radius 1 is 0.781 bits per heavy atom. The Balaban J connectivity index is 1.50. The molecule has 2 aromatic carbocycles. The Morgan fingerprint density at radius 3 is 2.16 bits per heavy atom. The highest BCUT2D eigenvalue weighted by molar-refractivity contribution is 5.65. The summed E-state index contributed by atoms with van der Waals surface area (Å²) >= 11 is 0. The van der Waals surface area contributed by atoms with Crippen LogP contribution in [0.5, 0.6) is 0 Å². The average Bonchev–Trinajstić information content (AvgIpc) is 2.83. The van der Waals surface area contributed by atoms with Crippen LogP contribution < -0.4 is 0 Å². The highest BCUT2D eigenvalue weighted by Crippen LogP contribution is 2.32. The Kier molecular flexibility index (Phi) is 10.3. The van der Waals surface area contributed by atoms with Crippen molar-refractivity contribution in [2.24, 2.45) is 11.8 Å². The minimum Gasteiger partial charge on any atom is -0.207 e. The van der Waals surface area contributed by atoms with E-state index in [1.807, 2.05) is 12.1 Å². The minimum absolute atomic E-state index is 0.0802. The molecule has 0 aliphatic heterocycles. The zero-order valence-electron chi connectivity index (χ0n) is 20.3. The van der Waals surface area contributed by atoms with Crippen LogP contribution in [0.1, 0.15) is 102 Å². The summed E-state index contributed by atoms with van der Waals surface area (Å²) in [6, 6.07) is 14.0. The smallest absolute Gasteiger partial charge is 0.127 e. The number of benzene rings is 2. The molecular weight excluding hydrogens is 391 g/mol. The van der Waals surface area contributed by atoms with Gasteiger partial charge in [-0.1, -0.05) is 94.9 Å². The third kappa shape index (κ3) is 7.81. The monoisotopic (exact) mass is 432 g/mol. The maximum atomic E-state index is 14.5. The first-order chi connectivity index (χ1) is 15.7. The summed E-state index contributed by atoms with van der Waals surface area (Å²) in [6.07, 6.45) is 16.4. The lowest BCUT2D eigenvalue weighted by Crippen LogP contribution is -2.13. The second-order valence-corrected chi connectivity index (χ2v) is 9.68. The van der Waals surface area contributed by atoms with Crippen molar-refractivity contribution in [1.82, 2.24) is 0 Å². The molecular formula is C31H41F. The predicted molar refractivity (Wildman–Crippen MR) is 136 cm³/mol. The standard InChI is InChI=1S/C31H41F/c1-3-5-7-9-10-25-12-14-26(15-13-25)16-17-27-18-20-28(21-19-27)30-23-22-29(31(32)24-30)11-8-6-4-2/h18-26H,3-15H2,1-2H3/t25-,26-. The molecule has 0 amide bonds. The van der Waals surface area contributed by atoms with Crippen molar-refractivity contribution in [2.75, 3.05) is 0 Å². The topological polar surface area (TPSA) is 0 Å². The molecule has 0 atom stereocenters. The normalized spacial score (nSPS) is 18.2. The number of rotatable bonds is 10. The van der Waals surface area contributed by atoms with E-state index in [1.165, 1.54) is 57.8 Å². The van der Waals surface area contributed by atoms with E-state index in [-0.39, 0.29) is 5.82 Å². The van der Waals surface area contributed by atoms with E-state index in [0.29, 0.717) is 5.92 Å². The van der Waals surface area contributed by atoms with Gasteiger partial charge in [0.05, 0.1) is 0 Å². The summed E-state index contributed by atoms with van der Waals surface area (Å²) in [5, 5.41) is 0. The van der Waals surface area contributed by atoms with Gasteiger partial charge < -0.3 is 0 Å². The second kappa shape index (κ2) is 13.5. The lowest BCUT2D eigenvalue weighted by molar-refractivity contribution is 0.294. The fourth-order valence-electron chi connectivity index (χ4n) is 4.88. The molecule has 1 fully saturated rings. The molecule has 0 nitrogen and oxygen atoms in total. The van der Waals surface area contributed by atoms with Gasteiger partial charge in [-0.3, -0.25) is 0 Å². The fraction of sp³-hybridized carbons (Fsp3) is 0.548. The number of unbranched alkanes of at least 4 members (excludes halogenated alkanes) is 5. The van der Waals surface area contributed by atoms with Gasteiger partial charge in [0.2, 0.25) is 0 Å². The molecule has 3 rings (SSSR count). The van der Waals surface area contributed by atoms with Crippen LogP contribution in [0.25, 0.3) is 11.1 Å². The first kappa shape index (κ1) is 24.6. The van der Waals surface area contributed by atoms with Gasteiger partial charge in [0, 0.05) is 11.5 Å². The molecule has 1 aliphatic carbocycles. The van der Waals surface area contributed by atoms with Gasteiger partial charge in [0.15, 0.2) is 0 Å². The van der Waals surface area contributed by atoms with Crippen molar-refractivity contribution >= 4 is 0 Å². The molecule has 0 unspecified atom stereocenters. The Hall–Kier alpha value is -2.07. The molecule has 1 heteroatoms. The molecule has 0 aromatic heterocycles. The zero-order chi connectivity index (χ0) is 22.6. The van der Waals surface area contributed by atoms with Crippen molar-refractivity contribution < 1.29 is 4.39 Å². The largest absolute Gasteiger partial charge is 0.207 e. The van der Waals surface area contributed by atoms with Gasteiger partial charge >= 0.3 is 0 Å². The van der Waals surface area contributed by atoms with Crippen LogP contribution in [0, 0.1) is 29.5 Å². The van der Waals surface area contributed by atoms with E-state index >= 15 is 0 Å². The molecule has 0 heterocycles. The number of hydrogen-bond acceptors (Lipinski definition) is 0. The quantitative estimate of drug-likeness (QED) is 0.259. The summed E-state index contributed by atoms with van der Waals surface area (Å²) in [4.78, 5) is 0. The molecule has 172 valence electrons. The van der Waals surface area contributed by atoms with Crippen molar-refractivity contribution in [3.05, 3.63) is 59.4 Å². The van der Waals surface area contributed by atoms with E-state index in [0.717, 1.165) is 53.9 Å². The Morgan fingerprint density at radius 2 is 1.47 bits per heavy atom. The van der Waals surface area contributed by atoms with Gasteiger partial charge in [-0.25, -0.2) is 4.39 Å². The summed E-state index contributed by atoms with van der Waals surface area (Å²) < 4.78 is 14.5. The molecule has 1 saturated carbocycles. The molecule has 32 heavy (non-hydrogen) atoms. The molecule has 1 aliphatic rings. The van der Waals surface area contributed by atoms with Crippen LogP contribution in [0.3, 0.4) is 0 Å². The van der Waals surface area contributed by atoms with Crippen molar-refractivity contribution in [3.63, 3.8) is 0 Å². The fourth-order valence-corrected chi connectivity index (χ4v) is 4.88.